The minimum absolute atomic E-state index is 0.0277. The fraction of sp³-hybridized carbons (Fsp3) is 0.478. The van der Waals surface area contributed by atoms with Crippen molar-refractivity contribution in [1.82, 2.24) is 4.90 Å². The van der Waals surface area contributed by atoms with Crippen molar-refractivity contribution in [2.75, 3.05) is 39.3 Å². The van der Waals surface area contributed by atoms with Gasteiger partial charge in [-0.1, -0.05) is 28.1 Å². The molecule has 2 heterocycles. The number of halogens is 2. The molecule has 4 nitrogen and oxygen atoms in total. The summed E-state index contributed by atoms with van der Waals surface area (Å²) in [6.07, 6.45) is 0.894. The van der Waals surface area contributed by atoms with E-state index >= 15 is 0 Å². The van der Waals surface area contributed by atoms with Gasteiger partial charge >= 0.3 is 0 Å². The Balaban J connectivity index is 1.87. The zero-order valence-corrected chi connectivity index (χ0v) is 18.8. The zero-order valence-electron chi connectivity index (χ0n) is 17.2. The van der Waals surface area contributed by atoms with Crippen molar-refractivity contribution >= 4 is 21.6 Å². The lowest BCUT2D eigenvalue weighted by Crippen LogP contribution is -2.56. The number of nitrogens with two attached hydrogens (primary N) is 1. The van der Waals surface area contributed by atoms with Crippen LogP contribution >= 0.6 is 15.9 Å². The van der Waals surface area contributed by atoms with E-state index in [2.05, 4.69) is 46.8 Å². The van der Waals surface area contributed by atoms with Gasteiger partial charge in [0.15, 0.2) is 0 Å². The molecule has 2 atom stereocenters. The maximum absolute atomic E-state index is 14.0. The summed E-state index contributed by atoms with van der Waals surface area (Å²) >= 11 is 3.55. The number of anilines is 1. The van der Waals surface area contributed by atoms with E-state index in [-0.39, 0.29) is 18.8 Å². The van der Waals surface area contributed by atoms with E-state index in [1.165, 1.54) is 11.1 Å². The molecule has 29 heavy (non-hydrogen) atoms. The Kier molecular flexibility index (Phi) is 5.62. The average molecular weight is 463 g/mol. The van der Waals surface area contributed by atoms with Crippen molar-refractivity contribution in [1.29, 1.82) is 0 Å². The standard InChI is InChI=1S/C23H28BrFN2O2/c1-14-8-19-15(2)20(26)7-6-17(19)22(18-5-4-16(24)9-21(18)28-3)27(14)11-23(10-25)12-29-13-23/h4-7,9,14,22H,8,10-13,26H2,1-3H3/t14-,22?/m1/s1. The summed E-state index contributed by atoms with van der Waals surface area (Å²) in [4.78, 5) is 2.42. The summed E-state index contributed by atoms with van der Waals surface area (Å²) in [6.45, 7) is 5.55. The summed E-state index contributed by atoms with van der Waals surface area (Å²) in [7, 11) is 1.69. The highest BCUT2D eigenvalue weighted by molar-refractivity contribution is 9.10. The van der Waals surface area contributed by atoms with Crippen LogP contribution in [-0.4, -0.2) is 44.5 Å². The number of benzene rings is 2. The number of methoxy groups -OCH3 is 1. The van der Waals surface area contributed by atoms with Crippen LogP contribution in [0.3, 0.4) is 0 Å². The minimum Gasteiger partial charge on any atom is -0.496 e. The fourth-order valence-electron chi connectivity index (χ4n) is 4.66. The Labute approximate surface area is 180 Å². The summed E-state index contributed by atoms with van der Waals surface area (Å²) in [5.41, 5.74) is 11.4. The van der Waals surface area contributed by atoms with E-state index < -0.39 is 5.41 Å². The molecule has 2 aromatic rings. The summed E-state index contributed by atoms with van der Waals surface area (Å²) in [5, 5.41) is 0. The van der Waals surface area contributed by atoms with Crippen LogP contribution in [0.2, 0.25) is 0 Å². The Bertz CT molecular complexity index is 910. The second kappa shape index (κ2) is 7.89. The Morgan fingerprint density at radius 1 is 1.28 bits per heavy atom. The third-order valence-electron chi connectivity index (χ3n) is 6.48. The van der Waals surface area contributed by atoms with E-state index in [1.54, 1.807) is 7.11 Å². The third kappa shape index (κ3) is 3.56. The molecule has 2 aliphatic rings. The van der Waals surface area contributed by atoms with Gasteiger partial charge in [-0.15, -0.1) is 0 Å². The smallest absolute Gasteiger partial charge is 0.125 e. The van der Waals surface area contributed by atoms with Gasteiger partial charge in [-0.05, 0) is 55.2 Å². The molecule has 0 aromatic heterocycles. The van der Waals surface area contributed by atoms with Crippen LogP contribution < -0.4 is 10.5 Å². The van der Waals surface area contributed by atoms with E-state index in [0.29, 0.717) is 19.8 Å². The first-order valence-electron chi connectivity index (χ1n) is 10.00. The monoisotopic (exact) mass is 462 g/mol. The predicted octanol–water partition coefficient (Wildman–Crippen LogP) is 4.67. The number of hydrogen-bond acceptors (Lipinski definition) is 4. The van der Waals surface area contributed by atoms with Crippen molar-refractivity contribution in [2.24, 2.45) is 5.41 Å². The van der Waals surface area contributed by atoms with Gasteiger partial charge in [-0.3, -0.25) is 9.29 Å². The molecule has 0 radical (unpaired) electrons. The number of nitrogen functional groups attached to an aromatic ring is 1. The Morgan fingerprint density at radius 2 is 2.00 bits per heavy atom. The number of fused-ring (bicyclic) bond motifs is 1. The van der Waals surface area contributed by atoms with Crippen molar-refractivity contribution in [3.8, 4) is 5.75 Å². The maximum Gasteiger partial charge on any atom is 0.125 e. The van der Waals surface area contributed by atoms with Gasteiger partial charge in [-0.2, -0.15) is 0 Å². The fourth-order valence-corrected chi connectivity index (χ4v) is 5.00. The topological polar surface area (TPSA) is 47.7 Å². The molecule has 0 bridgehead atoms. The summed E-state index contributed by atoms with van der Waals surface area (Å²) in [6, 6.07) is 10.5. The number of nitrogens with zero attached hydrogens (tertiary/aromatic N) is 1. The van der Waals surface area contributed by atoms with Crippen molar-refractivity contribution < 1.29 is 13.9 Å². The molecule has 1 fully saturated rings. The van der Waals surface area contributed by atoms with Crippen LogP contribution in [0.5, 0.6) is 5.75 Å². The van der Waals surface area contributed by atoms with Crippen LogP contribution in [0.4, 0.5) is 10.1 Å². The quantitative estimate of drug-likeness (QED) is 0.655. The maximum atomic E-state index is 14.0. The van der Waals surface area contributed by atoms with E-state index in [4.69, 9.17) is 15.2 Å². The lowest BCUT2D eigenvalue weighted by atomic mass is 9.79. The van der Waals surface area contributed by atoms with Crippen LogP contribution in [0.15, 0.2) is 34.8 Å². The average Bonchev–Trinajstić information content (AvgIpc) is 2.68. The van der Waals surface area contributed by atoms with Gasteiger partial charge < -0.3 is 15.2 Å². The Morgan fingerprint density at radius 3 is 2.62 bits per heavy atom. The molecule has 6 heteroatoms. The van der Waals surface area contributed by atoms with Crippen molar-refractivity contribution in [3.05, 3.63) is 57.1 Å². The molecule has 2 aliphatic heterocycles. The van der Waals surface area contributed by atoms with Crippen LogP contribution in [-0.2, 0) is 11.2 Å². The molecule has 1 unspecified atom stereocenters. The molecular formula is C23H28BrFN2O2. The number of rotatable bonds is 5. The van der Waals surface area contributed by atoms with E-state index in [1.807, 2.05) is 18.2 Å². The highest BCUT2D eigenvalue weighted by atomic mass is 79.9. The highest BCUT2D eigenvalue weighted by Gasteiger charge is 2.45. The summed E-state index contributed by atoms with van der Waals surface area (Å²) < 4.78 is 26.1. The second-order valence-electron chi connectivity index (χ2n) is 8.49. The number of hydrogen-bond donors (Lipinski definition) is 1. The first-order chi connectivity index (χ1) is 13.9. The van der Waals surface area contributed by atoms with Gasteiger partial charge in [0.05, 0.1) is 31.8 Å². The van der Waals surface area contributed by atoms with Gasteiger partial charge in [0.25, 0.3) is 0 Å². The molecule has 0 saturated carbocycles. The molecule has 0 spiro atoms. The lowest BCUT2D eigenvalue weighted by molar-refractivity contribution is -0.143. The zero-order chi connectivity index (χ0) is 20.8. The largest absolute Gasteiger partial charge is 0.496 e. The second-order valence-corrected chi connectivity index (χ2v) is 9.40. The molecule has 0 amide bonds. The number of alkyl halides is 1. The van der Waals surface area contributed by atoms with Crippen molar-refractivity contribution in [2.45, 2.75) is 32.4 Å². The number of ether oxygens (including phenoxy) is 2. The van der Waals surface area contributed by atoms with Gasteiger partial charge in [0, 0.05) is 28.3 Å². The van der Waals surface area contributed by atoms with Crippen molar-refractivity contribution in [3.63, 3.8) is 0 Å². The molecule has 4 rings (SSSR count). The third-order valence-corrected chi connectivity index (χ3v) is 6.97. The van der Waals surface area contributed by atoms with Gasteiger partial charge in [0.2, 0.25) is 0 Å². The molecule has 1 saturated heterocycles. The lowest BCUT2D eigenvalue weighted by Gasteiger charge is -2.49. The molecule has 2 aromatic carbocycles. The van der Waals surface area contributed by atoms with Gasteiger partial charge in [0.1, 0.15) is 12.4 Å². The molecule has 156 valence electrons. The molecular weight excluding hydrogens is 435 g/mol. The summed E-state index contributed by atoms with van der Waals surface area (Å²) in [5.74, 6) is 0.822. The van der Waals surface area contributed by atoms with E-state index in [0.717, 1.165) is 33.5 Å². The first-order valence-corrected chi connectivity index (χ1v) is 10.8. The molecule has 2 N–H and O–H groups in total. The highest BCUT2D eigenvalue weighted by Crippen LogP contribution is 2.45. The normalized spacial score (nSPS) is 23.3. The minimum atomic E-state index is -0.421. The predicted molar refractivity (Wildman–Crippen MR) is 117 cm³/mol. The first kappa shape index (κ1) is 20.6. The van der Waals surface area contributed by atoms with E-state index in [9.17, 15) is 4.39 Å². The molecule has 0 aliphatic carbocycles. The Hall–Kier alpha value is -1.63. The SMILES string of the molecule is COc1cc(Br)ccc1C1c2ccc(N)c(C)c2C[C@@H](C)N1CC1(CF)COC1. The van der Waals surface area contributed by atoms with Crippen LogP contribution in [0.25, 0.3) is 0 Å². The van der Waals surface area contributed by atoms with Gasteiger partial charge in [-0.25, -0.2) is 0 Å². The van der Waals surface area contributed by atoms with Crippen LogP contribution in [0.1, 0.15) is 35.2 Å². The van der Waals surface area contributed by atoms with Crippen LogP contribution in [0, 0.1) is 12.3 Å².